The number of hydrogen-bond acceptors (Lipinski definition) is 3. The van der Waals surface area contributed by atoms with Gasteiger partial charge in [0.15, 0.2) is 5.69 Å². The van der Waals surface area contributed by atoms with Gasteiger partial charge in [0.05, 0.1) is 16.4 Å². The normalized spacial score (nSPS) is 10.9. The summed E-state index contributed by atoms with van der Waals surface area (Å²) in [7, 11) is 0. The zero-order valence-corrected chi connectivity index (χ0v) is 19.2. The standard InChI is InChI=1S/C22H20Cl3N3O3/c1-3-4-11-27(22(30)31)21(29)19-13(2)20(14-5-7-15(23)8-6-14)28(26-19)18-10-9-16(24)12-17(18)25/h5-10,12H,3-4,11H2,1-2H3,(H,30,31). The van der Waals surface area contributed by atoms with Crippen molar-refractivity contribution >= 4 is 46.8 Å². The van der Waals surface area contributed by atoms with E-state index < -0.39 is 12.0 Å². The van der Waals surface area contributed by atoms with Crippen LogP contribution in [-0.4, -0.2) is 38.3 Å². The van der Waals surface area contributed by atoms with Crippen LogP contribution in [0.15, 0.2) is 42.5 Å². The van der Waals surface area contributed by atoms with Crippen LogP contribution in [0.25, 0.3) is 16.9 Å². The molecule has 0 aliphatic heterocycles. The summed E-state index contributed by atoms with van der Waals surface area (Å²) in [6.07, 6.45) is -0.00359. The van der Waals surface area contributed by atoms with Crippen molar-refractivity contribution in [3.8, 4) is 16.9 Å². The third-order valence-electron chi connectivity index (χ3n) is 4.79. The molecule has 2 amide bonds. The van der Waals surface area contributed by atoms with Gasteiger partial charge in [-0.05, 0) is 43.7 Å². The summed E-state index contributed by atoms with van der Waals surface area (Å²) in [6.45, 7) is 3.74. The van der Waals surface area contributed by atoms with Crippen molar-refractivity contribution in [1.29, 1.82) is 0 Å². The Balaban J connectivity index is 2.21. The highest BCUT2D eigenvalue weighted by molar-refractivity contribution is 6.35. The molecule has 1 aromatic heterocycles. The van der Waals surface area contributed by atoms with Crippen LogP contribution in [-0.2, 0) is 0 Å². The summed E-state index contributed by atoms with van der Waals surface area (Å²) in [4.78, 5) is 25.6. The van der Waals surface area contributed by atoms with Gasteiger partial charge in [-0.3, -0.25) is 4.79 Å². The Hall–Kier alpha value is -2.54. The van der Waals surface area contributed by atoms with Crippen LogP contribution in [0.4, 0.5) is 4.79 Å². The molecule has 1 heterocycles. The molecule has 0 unspecified atom stereocenters. The first-order valence-corrected chi connectivity index (χ1v) is 10.7. The van der Waals surface area contributed by atoms with E-state index in [4.69, 9.17) is 34.8 Å². The highest BCUT2D eigenvalue weighted by Crippen LogP contribution is 2.33. The Labute approximate surface area is 194 Å². The van der Waals surface area contributed by atoms with Crippen LogP contribution in [0, 0.1) is 6.92 Å². The van der Waals surface area contributed by atoms with Gasteiger partial charge in [-0.2, -0.15) is 5.10 Å². The Morgan fingerprint density at radius 2 is 1.71 bits per heavy atom. The van der Waals surface area contributed by atoms with Gasteiger partial charge in [-0.1, -0.05) is 60.3 Å². The lowest BCUT2D eigenvalue weighted by molar-refractivity contribution is 0.0733. The lowest BCUT2D eigenvalue weighted by atomic mass is 10.1. The number of halogens is 3. The second-order valence-corrected chi connectivity index (χ2v) is 8.21. The molecule has 0 spiro atoms. The van der Waals surface area contributed by atoms with E-state index in [2.05, 4.69) is 5.10 Å². The van der Waals surface area contributed by atoms with Crippen molar-refractivity contribution in [3.63, 3.8) is 0 Å². The Morgan fingerprint density at radius 3 is 2.29 bits per heavy atom. The average Bonchev–Trinajstić information content (AvgIpc) is 3.05. The van der Waals surface area contributed by atoms with E-state index in [-0.39, 0.29) is 12.2 Å². The molecular formula is C22H20Cl3N3O3. The lowest BCUT2D eigenvalue weighted by Gasteiger charge is -2.15. The Kier molecular flexibility index (Phi) is 7.26. The Bertz CT molecular complexity index is 1130. The predicted molar refractivity (Wildman–Crippen MR) is 123 cm³/mol. The summed E-state index contributed by atoms with van der Waals surface area (Å²) < 4.78 is 1.53. The van der Waals surface area contributed by atoms with E-state index in [0.717, 1.165) is 16.9 Å². The minimum Gasteiger partial charge on any atom is -0.465 e. The quantitative estimate of drug-likeness (QED) is 0.424. The molecule has 0 saturated heterocycles. The maximum absolute atomic E-state index is 13.1. The molecule has 6 nitrogen and oxygen atoms in total. The third-order valence-corrected chi connectivity index (χ3v) is 5.58. The fourth-order valence-electron chi connectivity index (χ4n) is 3.20. The molecule has 0 aliphatic carbocycles. The zero-order valence-electron chi connectivity index (χ0n) is 16.9. The van der Waals surface area contributed by atoms with Crippen LogP contribution >= 0.6 is 34.8 Å². The molecule has 0 aliphatic rings. The zero-order chi connectivity index (χ0) is 22.7. The number of imide groups is 1. The van der Waals surface area contributed by atoms with Gasteiger partial charge < -0.3 is 5.11 Å². The average molecular weight is 481 g/mol. The molecule has 2 aromatic carbocycles. The molecule has 0 atom stereocenters. The molecule has 0 fully saturated rings. The molecule has 162 valence electrons. The molecule has 1 N–H and O–H groups in total. The summed E-state index contributed by atoms with van der Waals surface area (Å²) in [5.41, 5.74) is 2.42. The van der Waals surface area contributed by atoms with E-state index in [1.165, 1.54) is 4.68 Å². The number of carbonyl (C=O) groups is 2. The van der Waals surface area contributed by atoms with Crippen LogP contribution in [0.3, 0.4) is 0 Å². The van der Waals surface area contributed by atoms with Gasteiger partial charge in [0.1, 0.15) is 0 Å². The van der Waals surface area contributed by atoms with Gasteiger partial charge in [-0.15, -0.1) is 0 Å². The molecular weight excluding hydrogens is 461 g/mol. The fraction of sp³-hybridized carbons (Fsp3) is 0.227. The second-order valence-electron chi connectivity index (χ2n) is 6.93. The van der Waals surface area contributed by atoms with Crippen LogP contribution in [0.1, 0.15) is 35.8 Å². The number of rotatable bonds is 6. The lowest BCUT2D eigenvalue weighted by Crippen LogP contribution is -2.37. The third kappa shape index (κ3) is 4.87. The smallest absolute Gasteiger partial charge is 0.414 e. The number of carboxylic acid groups (broad SMARTS) is 1. The van der Waals surface area contributed by atoms with Crippen molar-refractivity contribution < 1.29 is 14.7 Å². The highest BCUT2D eigenvalue weighted by atomic mass is 35.5. The molecule has 3 rings (SSSR count). The maximum Gasteiger partial charge on any atom is 0.414 e. The van der Waals surface area contributed by atoms with Gasteiger partial charge in [0, 0.05) is 27.7 Å². The first kappa shape index (κ1) is 23.1. The van der Waals surface area contributed by atoms with E-state index in [1.54, 1.807) is 49.4 Å². The molecule has 0 radical (unpaired) electrons. The summed E-state index contributed by atoms with van der Waals surface area (Å²) >= 11 is 18.5. The number of unbranched alkanes of at least 4 members (excludes halogenated alkanes) is 1. The van der Waals surface area contributed by atoms with Gasteiger partial charge >= 0.3 is 6.09 Å². The molecule has 0 saturated carbocycles. The first-order valence-electron chi connectivity index (χ1n) is 9.60. The molecule has 0 bridgehead atoms. The van der Waals surface area contributed by atoms with E-state index in [0.29, 0.717) is 38.4 Å². The SMILES string of the molecule is CCCCN(C(=O)O)C(=O)c1nn(-c2ccc(Cl)cc2Cl)c(-c2ccc(Cl)cc2)c1C. The summed E-state index contributed by atoms with van der Waals surface area (Å²) in [5.74, 6) is -0.683. The monoisotopic (exact) mass is 479 g/mol. The van der Waals surface area contributed by atoms with Gasteiger partial charge in [0.2, 0.25) is 0 Å². The van der Waals surface area contributed by atoms with Crippen molar-refractivity contribution in [2.75, 3.05) is 6.54 Å². The van der Waals surface area contributed by atoms with Gasteiger partial charge in [0.25, 0.3) is 5.91 Å². The van der Waals surface area contributed by atoms with E-state index in [1.807, 2.05) is 6.92 Å². The van der Waals surface area contributed by atoms with Crippen molar-refractivity contribution in [3.05, 3.63) is 68.8 Å². The van der Waals surface area contributed by atoms with Crippen molar-refractivity contribution in [2.45, 2.75) is 26.7 Å². The topological polar surface area (TPSA) is 75.4 Å². The van der Waals surface area contributed by atoms with Crippen molar-refractivity contribution in [2.24, 2.45) is 0 Å². The number of aromatic nitrogens is 2. The Morgan fingerprint density at radius 1 is 1.06 bits per heavy atom. The van der Waals surface area contributed by atoms with E-state index in [9.17, 15) is 14.7 Å². The molecule has 31 heavy (non-hydrogen) atoms. The van der Waals surface area contributed by atoms with Crippen LogP contribution in [0.2, 0.25) is 15.1 Å². The predicted octanol–water partition coefficient (Wildman–Crippen LogP) is 6.73. The fourth-order valence-corrected chi connectivity index (χ4v) is 3.82. The number of hydrogen-bond donors (Lipinski definition) is 1. The number of benzene rings is 2. The molecule has 3 aromatic rings. The largest absolute Gasteiger partial charge is 0.465 e. The summed E-state index contributed by atoms with van der Waals surface area (Å²) in [5, 5.41) is 15.4. The number of nitrogens with zero attached hydrogens (tertiary/aromatic N) is 3. The minimum absolute atomic E-state index is 0.0365. The maximum atomic E-state index is 13.1. The minimum atomic E-state index is -1.31. The van der Waals surface area contributed by atoms with Crippen molar-refractivity contribution in [1.82, 2.24) is 14.7 Å². The first-order chi connectivity index (χ1) is 14.7. The number of amides is 2. The molecule has 9 heteroatoms. The highest BCUT2D eigenvalue weighted by Gasteiger charge is 2.29. The van der Waals surface area contributed by atoms with Gasteiger partial charge in [-0.25, -0.2) is 14.4 Å². The van der Waals surface area contributed by atoms with Crippen LogP contribution < -0.4 is 0 Å². The summed E-state index contributed by atoms with van der Waals surface area (Å²) in [6, 6.07) is 12.0. The van der Waals surface area contributed by atoms with E-state index >= 15 is 0 Å². The van der Waals surface area contributed by atoms with Crippen LogP contribution in [0.5, 0.6) is 0 Å². The second kappa shape index (κ2) is 9.73. The number of carbonyl (C=O) groups excluding carboxylic acids is 1.